The van der Waals surface area contributed by atoms with Crippen molar-refractivity contribution in [3.63, 3.8) is 0 Å². The number of hydrogen-bond acceptors (Lipinski definition) is 11. The first kappa shape index (κ1) is 27.0. The molecule has 0 bridgehead atoms. The highest BCUT2D eigenvalue weighted by atomic mass is 32.2. The summed E-state index contributed by atoms with van der Waals surface area (Å²) < 4.78 is 67.8. The van der Waals surface area contributed by atoms with E-state index >= 15 is 0 Å². The Labute approximate surface area is 225 Å². The number of para-hydroxylation sites is 1. The molecule has 2 aliphatic heterocycles. The van der Waals surface area contributed by atoms with Crippen molar-refractivity contribution >= 4 is 21.9 Å². The number of halogens is 1. The van der Waals surface area contributed by atoms with Gasteiger partial charge in [0, 0.05) is 26.8 Å². The first-order valence-corrected chi connectivity index (χ1v) is 13.9. The minimum Gasteiger partial charge on any atom is -0.494 e. The number of hydrogen-bond donors (Lipinski definition) is 1. The van der Waals surface area contributed by atoms with Gasteiger partial charge >= 0.3 is 0 Å². The lowest BCUT2D eigenvalue weighted by molar-refractivity contribution is 0.0898. The van der Waals surface area contributed by atoms with Gasteiger partial charge in [0.25, 0.3) is 0 Å². The first-order valence-electron chi connectivity index (χ1n) is 12.4. The molecular formula is C24H30FN7O6S. The van der Waals surface area contributed by atoms with Gasteiger partial charge < -0.3 is 23.8 Å². The molecule has 0 amide bonds. The van der Waals surface area contributed by atoms with Crippen molar-refractivity contribution in [3.05, 3.63) is 42.2 Å². The van der Waals surface area contributed by atoms with E-state index in [2.05, 4.69) is 24.9 Å². The summed E-state index contributed by atoms with van der Waals surface area (Å²) in [6.45, 7) is 0.973. The van der Waals surface area contributed by atoms with Crippen molar-refractivity contribution in [3.8, 4) is 17.2 Å². The second-order valence-electron chi connectivity index (χ2n) is 9.20. The number of benzene rings is 1. The Balaban J connectivity index is 1.52. The molecule has 39 heavy (non-hydrogen) atoms. The van der Waals surface area contributed by atoms with Gasteiger partial charge in [-0.05, 0) is 31.4 Å². The summed E-state index contributed by atoms with van der Waals surface area (Å²) in [7, 11) is 0.476. The van der Waals surface area contributed by atoms with E-state index in [1.165, 1.54) is 21.3 Å². The largest absolute Gasteiger partial charge is 0.494 e. The lowest BCUT2D eigenvalue weighted by Gasteiger charge is -2.36. The molecule has 15 heteroatoms. The summed E-state index contributed by atoms with van der Waals surface area (Å²) in [6.07, 6.45) is 3.02. The highest BCUT2D eigenvalue weighted by Crippen LogP contribution is 2.39. The Morgan fingerprint density at radius 2 is 1.79 bits per heavy atom. The van der Waals surface area contributed by atoms with Gasteiger partial charge in [0.15, 0.2) is 11.6 Å². The van der Waals surface area contributed by atoms with Gasteiger partial charge in [-0.2, -0.15) is 0 Å². The average Bonchev–Trinajstić information content (AvgIpc) is 3.62. The van der Waals surface area contributed by atoms with Crippen LogP contribution in [0.2, 0.25) is 0 Å². The third-order valence-electron chi connectivity index (χ3n) is 6.80. The number of nitrogens with one attached hydrogen (secondary N) is 1. The van der Waals surface area contributed by atoms with Crippen molar-refractivity contribution in [2.45, 2.75) is 36.7 Å². The molecule has 3 atom stereocenters. The second-order valence-corrected chi connectivity index (χ2v) is 11.2. The fraction of sp³-hybridized carbons (Fsp3) is 0.500. The number of sulfonamides is 1. The van der Waals surface area contributed by atoms with Gasteiger partial charge in [0.05, 0.1) is 32.7 Å². The van der Waals surface area contributed by atoms with Crippen LogP contribution in [0, 0.1) is 5.82 Å². The van der Waals surface area contributed by atoms with Crippen molar-refractivity contribution in [1.29, 1.82) is 0 Å². The normalized spacial score (nSPS) is 21.6. The van der Waals surface area contributed by atoms with Crippen LogP contribution < -0.4 is 19.1 Å². The molecule has 0 aliphatic carbocycles. The minimum absolute atomic E-state index is 0.0348. The molecular weight excluding hydrogens is 533 g/mol. The molecule has 2 fully saturated rings. The highest BCUT2D eigenvalue weighted by molar-refractivity contribution is 7.93. The maximum absolute atomic E-state index is 13.8. The zero-order chi connectivity index (χ0) is 27.6. The molecule has 0 saturated carbocycles. The molecule has 1 N–H and O–H groups in total. The molecule has 2 saturated heterocycles. The third kappa shape index (κ3) is 5.46. The highest BCUT2D eigenvalue weighted by Gasteiger charge is 2.38. The molecule has 0 radical (unpaired) electrons. The van der Waals surface area contributed by atoms with E-state index in [0.29, 0.717) is 42.6 Å². The van der Waals surface area contributed by atoms with E-state index in [1.807, 2.05) is 0 Å². The van der Waals surface area contributed by atoms with E-state index in [4.69, 9.17) is 18.9 Å². The van der Waals surface area contributed by atoms with Crippen LogP contribution in [0.25, 0.3) is 5.69 Å². The number of rotatable bonds is 9. The smallest absolute Gasteiger partial charge is 0.243 e. The fourth-order valence-corrected chi connectivity index (χ4v) is 6.27. The van der Waals surface area contributed by atoms with Gasteiger partial charge in [-0.15, -0.1) is 10.2 Å². The number of piperidine rings is 1. The Kier molecular flexibility index (Phi) is 7.81. The monoisotopic (exact) mass is 563 g/mol. The van der Waals surface area contributed by atoms with Gasteiger partial charge in [0.2, 0.25) is 21.9 Å². The van der Waals surface area contributed by atoms with Crippen LogP contribution in [0.15, 0.2) is 30.6 Å². The number of ether oxygens (including phenoxy) is 4. The lowest BCUT2D eigenvalue weighted by atomic mass is 10.1. The minimum atomic E-state index is -4.06. The zero-order valence-electron chi connectivity index (χ0n) is 21.8. The molecule has 2 aliphatic rings. The summed E-state index contributed by atoms with van der Waals surface area (Å²) in [6, 6.07) is 5.24. The van der Waals surface area contributed by atoms with Crippen LogP contribution in [0.4, 0.5) is 16.3 Å². The molecule has 5 rings (SSSR count). The lowest BCUT2D eigenvalue weighted by Crippen LogP contribution is -2.51. The Hall–Kier alpha value is -3.56. The SMILES string of the molecule is COc1cccc(OC)c1-n1c(NS(=O)(=O)[C@H]2C[C@@H](OC)CN(c3ncc(F)cn3)C2)nnc1C1CCCO1. The van der Waals surface area contributed by atoms with Crippen molar-refractivity contribution in [1.82, 2.24) is 24.7 Å². The zero-order valence-corrected chi connectivity index (χ0v) is 22.6. The average molecular weight is 564 g/mol. The van der Waals surface area contributed by atoms with Crippen molar-refractivity contribution < 1.29 is 31.8 Å². The van der Waals surface area contributed by atoms with Gasteiger partial charge in [-0.25, -0.2) is 22.8 Å². The number of anilines is 2. The number of aromatic nitrogens is 5. The second kappa shape index (κ2) is 11.3. The van der Waals surface area contributed by atoms with Gasteiger partial charge in [0.1, 0.15) is 28.5 Å². The first-order chi connectivity index (χ1) is 18.8. The predicted molar refractivity (Wildman–Crippen MR) is 138 cm³/mol. The topological polar surface area (TPSA) is 143 Å². The standard InChI is InChI=1S/C24H30FN7O6S/c1-35-16-10-17(14-31(13-16)23-26-11-15(25)12-27-23)39(33,34)30-24-29-28-22(20-8-5-9-38-20)32(24)21-18(36-2)6-4-7-19(21)37-3/h4,6-7,11-12,16-17,20H,5,8-10,13-14H2,1-3H3,(H,29,30)/t16-,17+,20?/m1/s1. The Morgan fingerprint density at radius 1 is 1.08 bits per heavy atom. The summed E-state index contributed by atoms with van der Waals surface area (Å²) in [5.41, 5.74) is 0.440. The van der Waals surface area contributed by atoms with Crippen molar-refractivity contribution in [2.75, 3.05) is 50.6 Å². The van der Waals surface area contributed by atoms with Crippen LogP contribution in [0.5, 0.6) is 11.5 Å². The van der Waals surface area contributed by atoms with Crippen LogP contribution in [-0.2, 0) is 19.5 Å². The molecule has 13 nitrogen and oxygen atoms in total. The summed E-state index contributed by atoms with van der Waals surface area (Å²) >= 11 is 0. The van der Waals surface area contributed by atoms with Crippen LogP contribution in [0.3, 0.4) is 0 Å². The molecule has 0 spiro atoms. The third-order valence-corrected chi connectivity index (χ3v) is 8.49. The fourth-order valence-electron chi connectivity index (χ4n) is 4.87. The van der Waals surface area contributed by atoms with Crippen LogP contribution in [-0.4, -0.2) is 85.5 Å². The van der Waals surface area contributed by atoms with Crippen molar-refractivity contribution in [2.24, 2.45) is 0 Å². The van der Waals surface area contributed by atoms with Gasteiger partial charge in [-0.3, -0.25) is 9.29 Å². The summed E-state index contributed by atoms with van der Waals surface area (Å²) in [5.74, 6) is 0.885. The van der Waals surface area contributed by atoms with Gasteiger partial charge in [-0.1, -0.05) is 6.07 Å². The summed E-state index contributed by atoms with van der Waals surface area (Å²) in [5, 5.41) is 7.60. The van der Waals surface area contributed by atoms with E-state index in [1.54, 1.807) is 27.7 Å². The number of methoxy groups -OCH3 is 3. The van der Waals surface area contributed by atoms with Crippen LogP contribution in [0.1, 0.15) is 31.2 Å². The molecule has 210 valence electrons. The molecule has 1 unspecified atom stereocenters. The molecule has 1 aromatic carbocycles. The van der Waals surface area contributed by atoms with E-state index in [-0.39, 0.29) is 31.0 Å². The van der Waals surface area contributed by atoms with E-state index in [9.17, 15) is 12.8 Å². The van der Waals surface area contributed by atoms with Crippen LogP contribution >= 0.6 is 0 Å². The molecule has 2 aromatic heterocycles. The predicted octanol–water partition coefficient (Wildman–Crippen LogP) is 2.10. The number of nitrogens with zero attached hydrogens (tertiary/aromatic N) is 6. The Morgan fingerprint density at radius 3 is 2.41 bits per heavy atom. The van der Waals surface area contributed by atoms with E-state index in [0.717, 1.165) is 18.8 Å². The van der Waals surface area contributed by atoms with E-state index < -0.39 is 27.2 Å². The molecule has 4 heterocycles. The quantitative estimate of drug-likeness (QED) is 0.409. The molecule has 3 aromatic rings. The Bertz CT molecular complexity index is 1380. The summed E-state index contributed by atoms with van der Waals surface area (Å²) in [4.78, 5) is 9.68. The maximum atomic E-state index is 13.8. The maximum Gasteiger partial charge on any atom is 0.243 e.